The number of likely N-dealkylation sites (tertiary alicyclic amines) is 1. The number of ether oxygens (including phenoxy) is 1. The fraction of sp³-hybridized carbons (Fsp3) is 0.500. The zero-order valence-corrected chi connectivity index (χ0v) is 15.9. The van der Waals surface area contributed by atoms with Crippen molar-refractivity contribution in [2.75, 3.05) is 20.2 Å². The molecule has 2 fully saturated rings. The highest BCUT2D eigenvalue weighted by Gasteiger charge is 2.31. The first-order valence-corrected chi connectivity index (χ1v) is 10.00. The van der Waals surface area contributed by atoms with Crippen LogP contribution in [0.25, 0.3) is 11.3 Å². The Labute approximate surface area is 160 Å². The van der Waals surface area contributed by atoms with Crippen molar-refractivity contribution in [3.63, 3.8) is 0 Å². The molecular formula is C22H27N3O2. The maximum atomic E-state index is 12.8. The number of methoxy groups -OCH3 is 1. The van der Waals surface area contributed by atoms with Gasteiger partial charge in [0, 0.05) is 36.7 Å². The van der Waals surface area contributed by atoms with Crippen LogP contribution in [-0.4, -0.2) is 41.0 Å². The maximum absolute atomic E-state index is 12.8. The number of amides is 1. The second-order valence-electron chi connectivity index (χ2n) is 7.67. The van der Waals surface area contributed by atoms with E-state index < -0.39 is 0 Å². The summed E-state index contributed by atoms with van der Waals surface area (Å²) in [5.41, 5.74) is 2.84. The van der Waals surface area contributed by atoms with Crippen LogP contribution in [0, 0.1) is 5.92 Å². The second kappa shape index (κ2) is 8.07. The summed E-state index contributed by atoms with van der Waals surface area (Å²) in [4.78, 5) is 24.2. The lowest BCUT2D eigenvalue weighted by atomic mass is 9.93. The van der Waals surface area contributed by atoms with Gasteiger partial charge in [-0.05, 0) is 37.8 Å². The number of nitrogens with zero attached hydrogens (tertiary/aromatic N) is 3. The molecule has 1 aliphatic heterocycles. The van der Waals surface area contributed by atoms with E-state index in [1.807, 2.05) is 30.5 Å². The van der Waals surface area contributed by atoms with Gasteiger partial charge in [0.05, 0.1) is 24.7 Å². The topological polar surface area (TPSA) is 55.3 Å². The number of rotatable bonds is 4. The average Bonchev–Trinajstić information content (AvgIpc) is 3.28. The van der Waals surface area contributed by atoms with Crippen molar-refractivity contribution in [1.82, 2.24) is 14.9 Å². The quantitative estimate of drug-likeness (QED) is 0.820. The lowest BCUT2D eigenvalue weighted by molar-refractivity contribution is -0.136. The van der Waals surface area contributed by atoms with Gasteiger partial charge in [-0.25, -0.2) is 4.98 Å². The zero-order chi connectivity index (χ0) is 18.6. The molecule has 1 aromatic heterocycles. The van der Waals surface area contributed by atoms with Crippen molar-refractivity contribution in [3.05, 3.63) is 42.4 Å². The van der Waals surface area contributed by atoms with Gasteiger partial charge in [-0.2, -0.15) is 0 Å². The molecule has 1 aromatic carbocycles. The molecule has 5 nitrogen and oxygen atoms in total. The normalized spacial score (nSPS) is 20.6. The van der Waals surface area contributed by atoms with Gasteiger partial charge in [0.2, 0.25) is 5.91 Å². The minimum Gasteiger partial charge on any atom is -0.497 e. The molecule has 0 spiro atoms. The van der Waals surface area contributed by atoms with E-state index in [-0.39, 0.29) is 11.8 Å². The van der Waals surface area contributed by atoms with E-state index in [0.717, 1.165) is 61.5 Å². The highest BCUT2D eigenvalue weighted by Crippen LogP contribution is 2.31. The molecule has 1 amide bonds. The maximum Gasteiger partial charge on any atom is 0.225 e. The number of carbonyl (C=O) groups is 1. The van der Waals surface area contributed by atoms with Gasteiger partial charge in [-0.3, -0.25) is 9.78 Å². The summed E-state index contributed by atoms with van der Waals surface area (Å²) in [6.45, 7) is 1.65. The van der Waals surface area contributed by atoms with Crippen LogP contribution in [-0.2, 0) is 4.79 Å². The minimum absolute atomic E-state index is 0.248. The lowest BCUT2D eigenvalue weighted by Crippen LogP contribution is -2.42. The molecular weight excluding hydrogens is 338 g/mol. The molecule has 0 unspecified atom stereocenters. The number of carbonyl (C=O) groups excluding carboxylic acids is 1. The van der Waals surface area contributed by atoms with Gasteiger partial charge in [-0.15, -0.1) is 0 Å². The van der Waals surface area contributed by atoms with Crippen molar-refractivity contribution in [1.29, 1.82) is 0 Å². The van der Waals surface area contributed by atoms with E-state index in [2.05, 4.69) is 9.88 Å². The van der Waals surface area contributed by atoms with Gasteiger partial charge in [-0.1, -0.05) is 25.0 Å². The minimum atomic E-state index is 0.248. The molecule has 1 saturated carbocycles. The molecule has 2 aliphatic rings. The molecule has 142 valence electrons. The van der Waals surface area contributed by atoms with E-state index in [9.17, 15) is 4.79 Å². The van der Waals surface area contributed by atoms with Crippen molar-refractivity contribution in [2.45, 2.75) is 44.4 Å². The zero-order valence-electron chi connectivity index (χ0n) is 15.9. The molecule has 1 atom stereocenters. The molecule has 1 saturated heterocycles. The standard InChI is InChI=1S/C22H27N3O2/c1-27-19-10-4-8-17(12-19)20-13-23-14-21(24-20)18-9-5-11-25(15-18)22(26)16-6-2-3-7-16/h4,8,10,12-14,16,18H,2-3,5-7,9,11,15H2,1H3/t18-/m0/s1. The second-order valence-corrected chi connectivity index (χ2v) is 7.67. The largest absolute Gasteiger partial charge is 0.497 e. The fourth-order valence-corrected chi connectivity index (χ4v) is 4.35. The van der Waals surface area contributed by atoms with Crippen LogP contribution in [0.5, 0.6) is 5.75 Å². The Morgan fingerprint density at radius 2 is 2.00 bits per heavy atom. The van der Waals surface area contributed by atoms with Crippen LogP contribution in [0.3, 0.4) is 0 Å². The van der Waals surface area contributed by atoms with E-state index in [1.54, 1.807) is 13.3 Å². The predicted molar refractivity (Wildman–Crippen MR) is 105 cm³/mol. The molecule has 2 heterocycles. The van der Waals surface area contributed by atoms with E-state index in [0.29, 0.717) is 5.91 Å². The number of hydrogen-bond acceptors (Lipinski definition) is 4. The van der Waals surface area contributed by atoms with Crippen LogP contribution in [0.1, 0.15) is 50.1 Å². The summed E-state index contributed by atoms with van der Waals surface area (Å²) >= 11 is 0. The van der Waals surface area contributed by atoms with Crippen molar-refractivity contribution in [3.8, 4) is 17.0 Å². The average molecular weight is 365 g/mol. The molecule has 5 heteroatoms. The van der Waals surface area contributed by atoms with Crippen LogP contribution in [0.4, 0.5) is 0 Å². The monoisotopic (exact) mass is 365 g/mol. The molecule has 0 N–H and O–H groups in total. The van der Waals surface area contributed by atoms with Crippen molar-refractivity contribution in [2.24, 2.45) is 5.92 Å². The molecule has 0 bridgehead atoms. The number of benzene rings is 1. The summed E-state index contributed by atoms with van der Waals surface area (Å²) in [6, 6.07) is 7.89. The molecule has 2 aromatic rings. The van der Waals surface area contributed by atoms with Gasteiger partial charge in [0.1, 0.15) is 5.75 Å². The number of piperidine rings is 1. The third-order valence-corrected chi connectivity index (χ3v) is 5.87. The fourth-order valence-electron chi connectivity index (χ4n) is 4.35. The van der Waals surface area contributed by atoms with Gasteiger partial charge >= 0.3 is 0 Å². The van der Waals surface area contributed by atoms with Gasteiger partial charge < -0.3 is 9.64 Å². The Hall–Kier alpha value is -2.43. The van der Waals surface area contributed by atoms with Crippen molar-refractivity contribution >= 4 is 5.91 Å². The molecule has 1 aliphatic carbocycles. The lowest BCUT2D eigenvalue weighted by Gasteiger charge is -2.34. The molecule has 0 radical (unpaired) electrons. The third kappa shape index (κ3) is 3.97. The number of hydrogen-bond donors (Lipinski definition) is 0. The predicted octanol–water partition coefficient (Wildman–Crippen LogP) is 4.05. The Bertz CT molecular complexity index is 802. The molecule has 27 heavy (non-hydrogen) atoms. The van der Waals surface area contributed by atoms with Crippen LogP contribution in [0.15, 0.2) is 36.7 Å². The highest BCUT2D eigenvalue weighted by molar-refractivity contribution is 5.79. The third-order valence-electron chi connectivity index (χ3n) is 5.87. The van der Waals surface area contributed by atoms with Gasteiger partial charge in [0.25, 0.3) is 0 Å². The summed E-state index contributed by atoms with van der Waals surface area (Å²) in [6.07, 6.45) is 10.3. The van der Waals surface area contributed by atoms with Gasteiger partial charge in [0.15, 0.2) is 0 Å². The SMILES string of the molecule is COc1cccc(-c2cncc([C@H]3CCCN(C(=O)C4CCCC4)C3)n2)c1. The van der Waals surface area contributed by atoms with Crippen LogP contribution < -0.4 is 4.74 Å². The van der Waals surface area contributed by atoms with E-state index in [1.165, 1.54) is 12.8 Å². The van der Waals surface area contributed by atoms with Crippen molar-refractivity contribution < 1.29 is 9.53 Å². The summed E-state index contributed by atoms with van der Waals surface area (Å²) in [5, 5.41) is 0. The Balaban J connectivity index is 1.51. The van der Waals surface area contributed by atoms with E-state index in [4.69, 9.17) is 9.72 Å². The Morgan fingerprint density at radius 3 is 2.81 bits per heavy atom. The molecule has 4 rings (SSSR count). The summed E-state index contributed by atoms with van der Waals surface area (Å²) in [7, 11) is 1.67. The first-order chi connectivity index (χ1) is 13.2. The van der Waals surface area contributed by atoms with Crippen LogP contribution in [0.2, 0.25) is 0 Å². The van der Waals surface area contributed by atoms with E-state index >= 15 is 0 Å². The summed E-state index contributed by atoms with van der Waals surface area (Å²) in [5.74, 6) is 1.68. The first-order valence-electron chi connectivity index (χ1n) is 10.00. The smallest absolute Gasteiger partial charge is 0.225 e. The Morgan fingerprint density at radius 1 is 1.15 bits per heavy atom. The summed E-state index contributed by atoms with van der Waals surface area (Å²) < 4.78 is 5.32. The van der Waals surface area contributed by atoms with Crippen LogP contribution >= 0.6 is 0 Å². The first kappa shape index (κ1) is 18.0. The number of aromatic nitrogens is 2. The highest BCUT2D eigenvalue weighted by atomic mass is 16.5. The Kier molecular flexibility index (Phi) is 5.37.